The lowest BCUT2D eigenvalue weighted by Gasteiger charge is -2.18. The topological polar surface area (TPSA) is 12.0 Å². The van der Waals surface area contributed by atoms with Crippen LogP contribution in [0.1, 0.15) is 46.5 Å². The Balaban J connectivity index is 3.44. The third kappa shape index (κ3) is 5.25. The molecule has 68 valence electrons. The first-order valence-electron chi connectivity index (χ1n) is 4.91. The summed E-state index contributed by atoms with van der Waals surface area (Å²) in [7, 11) is 2.06. The summed E-state index contributed by atoms with van der Waals surface area (Å²) < 4.78 is 0. The summed E-state index contributed by atoms with van der Waals surface area (Å²) in [5.74, 6) is 0.886. The van der Waals surface area contributed by atoms with Gasteiger partial charge in [-0.3, -0.25) is 0 Å². The molecule has 0 saturated carbocycles. The van der Waals surface area contributed by atoms with Crippen LogP contribution in [0.15, 0.2) is 0 Å². The Kier molecular flexibility index (Phi) is 6.63. The monoisotopic (exact) mass is 157 g/mol. The maximum atomic E-state index is 3.34. The van der Waals surface area contributed by atoms with Crippen LogP contribution in [0, 0.1) is 5.92 Å². The molecule has 0 aromatic carbocycles. The Morgan fingerprint density at radius 2 is 1.91 bits per heavy atom. The quantitative estimate of drug-likeness (QED) is 0.625. The molecule has 0 spiro atoms. The molecule has 0 aromatic heterocycles. The van der Waals surface area contributed by atoms with E-state index < -0.39 is 0 Å². The first-order chi connectivity index (χ1) is 5.24. The lowest BCUT2D eigenvalue weighted by molar-refractivity contribution is 0.392. The van der Waals surface area contributed by atoms with Gasteiger partial charge in [-0.15, -0.1) is 0 Å². The lowest BCUT2D eigenvalue weighted by atomic mass is 9.96. The molecule has 1 heteroatoms. The number of hydrogen-bond acceptors (Lipinski definition) is 1. The van der Waals surface area contributed by atoms with Gasteiger partial charge in [0.25, 0.3) is 0 Å². The van der Waals surface area contributed by atoms with Crippen LogP contribution >= 0.6 is 0 Å². The lowest BCUT2D eigenvalue weighted by Crippen LogP contribution is -2.26. The van der Waals surface area contributed by atoms with Crippen molar-refractivity contribution in [3.8, 4) is 0 Å². The maximum absolute atomic E-state index is 3.34. The highest BCUT2D eigenvalue weighted by molar-refractivity contribution is 4.65. The average molecular weight is 157 g/mol. The van der Waals surface area contributed by atoms with E-state index in [2.05, 4.69) is 33.1 Å². The molecular formula is C10H23N. The summed E-state index contributed by atoms with van der Waals surface area (Å²) in [6, 6.07) is 0.733. The largest absolute Gasteiger partial charge is 0.317 e. The molecule has 11 heavy (non-hydrogen) atoms. The second-order valence-electron chi connectivity index (χ2n) is 3.52. The number of nitrogens with one attached hydrogen (secondary N) is 1. The molecule has 0 radical (unpaired) electrons. The molecule has 2 unspecified atom stereocenters. The molecule has 0 fully saturated rings. The molecule has 0 bridgehead atoms. The Morgan fingerprint density at radius 1 is 1.27 bits per heavy atom. The smallest absolute Gasteiger partial charge is 0.00639 e. The van der Waals surface area contributed by atoms with Crippen molar-refractivity contribution in [3.63, 3.8) is 0 Å². The fraction of sp³-hybridized carbons (Fsp3) is 1.00. The normalized spacial score (nSPS) is 16.4. The molecule has 0 rings (SSSR count). The molecule has 1 N–H and O–H groups in total. The van der Waals surface area contributed by atoms with Crippen molar-refractivity contribution < 1.29 is 0 Å². The van der Waals surface area contributed by atoms with Gasteiger partial charge in [0.15, 0.2) is 0 Å². The fourth-order valence-electron chi connectivity index (χ4n) is 1.58. The standard InChI is InChI=1S/C10H23N/c1-5-7-9(3)8-10(6-2)11-4/h9-11H,5-8H2,1-4H3. The van der Waals surface area contributed by atoms with E-state index in [0.717, 1.165) is 12.0 Å². The predicted molar refractivity (Wildman–Crippen MR) is 51.8 cm³/mol. The van der Waals surface area contributed by atoms with Crippen LogP contribution in [0.2, 0.25) is 0 Å². The van der Waals surface area contributed by atoms with E-state index in [-0.39, 0.29) is 0 Å². The number of rotatable bonds is 6. The van der Waals surface area contributed by atoms with E-state index in [1.165, 1.54) is 25.7 Å². The highest BCUT2D eigenvalue weighted by atomic mass is 14.9. The van der Waals surface area contributed by atoms with Crippen molar-refractivity contribution in [2.24, 2.45) is 5.92 Å². The van der Waals surface area contributed by atoms with Crippen LogP contribution in [-0.4, -0.2) is 13.1 Å². The van der Waals surface area contributed by atoms with E-state index in [4.69, 9.17) is 0 Å². The van der Waals surface area contributed by atoms with Gasteiger partial charge in [-0.05, 0) is 25.8 Å². The Bertz CT molecular complexity index is 76.9. The second kappa shape index (κ2) is 6.66. The summed E-state index contributed by atoms with van der Waals surface area (Å²) in [5.41, 5.74) is 0. The molecular weight excluding hydrogens is 134 g/mol. The van der Waals surface area contributed by atoms with Crippen molar-refractivity contribution in [1.82, 2.24) is 5.32 Å². The van der Waals surface area contributed by atoms with E-state index >= 15 is 0 Å². The third-order valence-corrected chi connectivity index (χ3v) is 2.37. The Morgan fingerprint density at radius 3 is 2.27 bits per heavy atom. The van der Waals surface area contributed by atoms with Crippen LogP contribution < -0.4 is 5.32 Å². The van der Waals surface area contributed by atoms with Crippen molar-refractivity contribution in [3.05, 3.63) is 0 Å². The van der Waals surface area contributed by atoms with Gasteiger partial charge >= 0.3 is 0 Å². The summed E-state index contributed by atoms with van der Waals surface area (Å²) in [4.78, 5) is 0. The minimum atomic E-state index is 0.733. The van der Waals surface area contributed by atoms with E-state index in [0.29, 0.717) is 0 Å². The van der Waals surface area contributed by atoms with Gasteiger partial charge in [-0.25, -0.2) is 0 Å². The summed E-state index contributed by atoms with van der Waals surface area (Å²) in [5, 5.41) is 3.34. The van der Waals surface area contributed by atoms with Gasteiger partial charge < -0.3 is 5.32 Å². The molecule has 0 aliphatic rings. The maximum Gasteiger partial charge on any atom is 0.00639 e. The summed E-state index contributed by atoms with van der Waals surface area (Å²) >= 11 is 0. The second-order valence-corrected chi connectivity index (χ2v) is 3.52. The van der Waals surface area contributed by atoms with E-state index in [9.17, 15) is 0 Å². The zero-order valence-electron chi connectivity index (χ0n) is 8.48. The summed E-state index contributed by atoms with van der Waals surface area (Å²) in [6.45, 7) is 6.86. The van der Waals surface area contributed by atoms with Crippen LogP contribution in [-0.2, 0) is 0 Å². The molecule has 0 amide bonds. The molecule has 0 aromatic rings. The van der Waals surface area contributed by atoms with Crippen LogP contribution in [0.5, 0.6) is 0 Å². The fourth-order valence-corrected chi connectivity index (χ4v) is 1.58. The SMILES string of the molecule is CCCC(C)CC(CC)NC. The van der Waals surface area contributed by atoms with Crippen LogP contribution in [0.3, 0.4) is 0 Å². The highest BCUT2D eigenvalue weighted by Gasteiger charge is 2.07. The van der Waals surface area contributed by atoms with Crippen LogP contribution in [0.25, 0.3) is 0 Å². The van der Waals surface area contributed by atoms with Gasteiger partial charge in [0, 0.05) is 6.04 Å². The Labute approximate surface area is 71.6 Å². The molecule has 0 saturated heterocycles. The van der Waals surface area contributed by atoms with Gasteiger partial charge in [-0.1, -0.05) is 33.6 Å². The van der Waals surface area contributed by atoms with Crippen molar-refractivity contribution >= 4 is 0 Å². The molecule has 0 heterocycles. The Hall–Kier alpha value is -0.0400. The predicted octanol–water partition coefficient (Wildman–Crippen LogP) is 2.81. The van der Waals surface area contributed by atoms with E-state index in [1.807, 2.05) is 0 Å². The molecule has 0 aliphatic heterocycles. The van der Waals surface area contributed by atoms with Crippen molar-refractivity contribution in [1.29, 1.82) is 0 Å². The van der Waals surface area contributed by atoms with Gasteiger partial charge in [0.2, 0.25) is 0 Å². The highest BCUT2D eigenvalue weighted by Crippen LogP contribution is 2.13. The van der Waals surface area contributed by atoms with Crippen LogP contribution in [0.4, 0.5) is 0 Å². The molecule has 1 nitrogen and oxygen atoms in total. The number of hydrogen-bond donors (Lipinski definition) is 1. The summed E-state index contributed by atoms with van der Waals surface area (Å²) in [6.07, 6.45) is 5.28. The molecule has 0 aliphatic carbocycles. The van der Waals surface area contributed by atoms with Crippen molar-refractivity contribution in [2.45, 2.75) is 52.5 Å². The van der Waals surface area contributed by atoms with Gasteiger partial charge in [0.05, 0.1) is 0 Å². The van der Waals surface area contributed by atoms with Gasteiger partial charge in [-0.2, -0.15) is 0 Å². The van der Waals surface area contributed by atoms with E-state index in [1.54, 1.807) is 0 Å². The third-order valence-electron chi connectivity index (χ3n) is 2.37. The minimum absolute atomic E-state index is 0.733. The van der Waals surface area contributed by atoms with Crippen molar-refractivity contribution in [2.75, 3.05) is 7.05 Å². The van der Waals surface area contributed by atoms with Gasteiger partial charge in [0.1, 0.15) is 0 Å². The zero-order chi connectivity index (χ0) is 8.69. The first kappa shape index (κ1) is 11.0. The zero-order valence-corrected chi connectivity index (χ0v) is 8.48. The molecule has 2 atom stereocenters. The average Bonchev–Trinajstić information content (AvgIpc) is 2.01. The minimum Gasteiger partial charge on any atom is -0.317 e. The first-order valence-corrected chi connectivity index (χ1v) is 4.91.